The molecule has 0 amide bonds. The second-order valence-corrected chi connectivity index (χ2v) is 6.14. The molecule has 0 fully saturated rings. The summed E-state index contributed by atoms with van der Waals surface area (Å²) in [7, 11) is 4.21. The fourth-order valence-electron chi connectivity index (χ4n) is 2.46. The molecule has 2 nitrogen and oxygen atoms in total. The van der Waals surface area contributed by atoms with Crippen LogP contribution in [-0.4, -0.2) is 26.7 Å². The van der Waals surface area contributed by atoms with Crippen LogP contribution in [-0.2, 0) is 0 Å². The molecule has 0 aliphatic heterocycles. The molecule has 102 valence electrons. The second-order valence-electron chi connectivity index (χ2n) is 6.14. The zero-order chi connectivity index (χ0) is 13.9. The number of rotatable bonds is 5. The predicted octanol–water partition coefficient (Wildman–Crippen LogP) is 3.37. The summed E-state index contributed by atoms with van der Waals surface area (Å²) >= 11 is 0. The van der Waals surface area contributed by atoms with Crippen LogP contribution in [0.3, 0.4) is 0 Å². The summed E-state index contributed by atoms with van der Waals surface area (Å²) in [4.78, 5) is 2.36. The molecule has 1 rings (SSSR count). The monoisotopic (exact) mass is 248 g/mol. The molecular weight excluding hydrogens is 220 g/mol. The number of nitrogens with zero attached hydrogens (tertiary/aromatic N) is 1. The molecule has 0 spiro atoms. The molecule has 0 aliphatic rings. The number of anilines is 1. The average Bonchev–Trinajstić information content (AvgIpc) is 2.26. The van der Waals surface area contributed by atoms with Gasteiger partial charge < -0.3 is 10.2 Å². The van der Waals surface area contributed by atoms with Crippen molar-refractivity contribution in [1.82, 2.24) is 5.32 Å². The highest BCUT2D eigenvalue weighted by atomic mass is 15.1. The van der Waals surface area contributed by atoms with Crippen LogP contribution >= 0.6 is 0 Å². The Morgan fingerprint density at radius 3 is 2.39 bits per heavy atom. The maximum Gasteiger partial charge on any atom is 0.0393 e. The maximum absolute atomic E-state index is 3.36. The minimum atomic E-state index is 0.237. The predicted molar refractivity (Wildman–Crippen MR) is 81.5 cm³/mol. The van der Waals surface area contributed by atoms with Crippen LogP contribution in [0.2, 0.25) is 0 Å². The number of hydrogen-bond donors (Lipinski definition) is 1. The van der Waals surface area contributed by atoms with Gasteiger partial charge in [0.05, 0.1) is 0 Å². The third kappa shape index (κ3) is 3.49. The van der Waals surface area contributed by atoms with Gasteiger partial charge in [-0.2, -0.15) is 0 Å². The van der Waals surface area contributed by atoms with Crippen LogP contribution in [0.4, 0.5) is 5.69 Å². The first-order valence-electron chi connectivity index (χ1n) is 6.73. The molecule has 0 aromatic heterocycles. The Morgan fingerprint density at radius 2 is 1.89 bits per heavy atom. The number of nitrogens with one attached hydrogen (secondary N) is 1. The summed E-state index contributed by atoms with van der Waals surface area (Å²) in [6, 6.07) is 7.16. The van der Waals surface area contributed by atoms with Crippen molar-refractivity contribution in [3.05, 3.63) is 29.3 Å². The van der Waals surface area contributed by atoms with Crippen molar-refractivity contribution in [2.45, 2.75) is 40.7 Å². The van der Waals surface area contributed by atoms with Crippen LogP contribution in [0.15, 0.2) is 18.2 Å². The Bertz CT molecular complexity index is 396. The first-order chi connectivity index (χ1) is 8.27. The van der Waals surface area contributed by atoms with Crippen molar-refractivity contribution in [1.29, 1.82) is 0 Å². The van der Waals surface area contributed by atoms with E-state index in [1.54, 1.807) is 0 Å². The van der Waals surface area contributed by atoms with Gasteiger partial charge in [-0.3, -0.25) is 0 Å². The lowest BCUT2D eigenvalue weighted by Crippen LogP contribution is -2.44. The van der Waals surface area contributed by atoms with Gasteiger partial charge >= 0.3 is 0 Å². The van der Waals surface area contributed by atoms with E-state index < -0.39 is 0 Å². The van der Waals surface area contributed by atoms with E-state index >= 15 is 0 Å². The summed E-state index contributed by atoms with van der Waals surface area (Å²) in [5.74, 6) is 0. The normalized spacial score (nSPS) is 13.5. The molecule has 2 heteroatoms. The molecule has 1 atom stereocenters. The van der Waals surface area contributed by atoms with Gasteiger partial charge in [-0.15, -0.1) is 0 Å². The Labute approximate surface area is 112 Å². The van der Waals surface area contributed by atoms with E-state index in [1.165, 1.54) is 16.8 Å². The Balaban J connectivity index is 2.85. The summed E-state index contributed by atoms with van der Waals surface area (Å²) in [5.41, 5.74) is 4.25. The van der Waals surface area contributed by atoms with E-state index in [2.05, 4.69) is 70.1 Å². The van der Waals surface area contributed by atoms with Crippen molar-refractivity contribution in [3.8, 4) is 0 Å². The van der Waals surface area contributed by atoms with Crippen molar-refractivity contribution >= 4 is 5.69 Å². The molecule has 1 N–H and O–H groups in total. The first-order valence-corrected chi connectivity index (χ1v) is 6.73. The topological polar surface area (TPSA) is 15.3 Å². The largest absolute Gasteiger partial charge is 0.374 e. The van der Waals surface area contributed by atoms with Gasteiger partial charge in [0.25, 0.3) is 0 Å². The minimum absolute atomic E-state index is 0.237. The van der Waals surface area contributed by atoms with Crippen LogP contribution in [0.1, 0.15) is 31.9 Å². The fraction of sp³-hybridized carbons (Fsp3) is 0.625. The zero-order valence-electron chi connectivity index (χ0n) is 13.0. The molecule has 18 heavy (non-hydrogen) atoms. The van der Waals surface area contributed by atoms with Gasteiger partial charge in [-0.25, -0.2) is 0 Å². The highest BCUT2D eigenvalue weighted by molar-refractivity contribution is 5.53. The molecule has 0 saturated carbocycles. The summed E-state index contributed by atoms with van der Waals surface area (Å²) in [5, 5.41) is 3.36. The lowest BCUT2D eigenvalue weighted by molar-refractivity contribution is 0.275. The van der Waals surface area contributed by atoms with E-state index in [0.29, 0.717) is 6.04 Å². The van der Waals surface area contributed by atoms with Gasteiger partial charge in [-0.05, 0) is 44.9 Å². The lowest BCUT2D eigenvalue weighted by Gasteiger charge is -2.37. The van der Waals surface area contributed by atoms with E-state index in [9.17, 15) is 0 Å². The molecular formula is C16H28N2. The Kier molecular flexibility index (Phi) is 4.80. The quantitative estimate of drug-likeness (QED) is 0.859. The highest BCUT2D eigenvalue weighted by Gasteiger charge is 2.26. The molecule has 1 aromatic carbocycles. The van der Waals surface area contributed by atoms with Crippen LogP contribution in [0.5, 0.6) is 0 Å². The van der Waals surface area contributed by atoms with Crippen LogP contribution < -0.4 is 10.2 Å². The smallest absolute Gasteiger partial charge is 0.0393 e. The Morgan fingerprint density at radius 1 is 1.28 bits per heavy atom. The first kappa shape index (κ1) is 15.0. The summed E-state index contributed by atoms with van der Waals surface area (Å²) < 4.78 is 0. The van der Waals surface area contributed by atoms with Gasteiger partial charge in [0.1, 0.15) is 0 Å². The van der Waals surface area contributed by atoms with Crippen LogP contribution in [0.25, 0.3) is 0 Å². The van der Waals surface area contributed by atoms with Gasteiger partial charge in [0, 0.05) is 25.3 Å². The zero-order valence-corrected chi connectivity index (χ0v) is 13.0. The third-order valence-corrected chi connectivity index (χ3v) is 4.01. The van der Waals surface area contributed by atoms with E-state index in [4.69, 9.17) is 0 Å². The standard InChI is InChI=1S/C16H28N2/c1-12-8-9-15(13(2)10-12)18(7)11-16(4,5)14(3)17-6/h8-10,14,17H,11H2,1-7H3. The number of aryl methyl sites for hydroxylation is 2. The fourth-order valence-corrected chi connectivity index (χ4v) is 2.46. The molecule has 1 aromatic rings. The average molecular weight is 248 g/mol. The molecule has 0 heterocycles. The van der Waals surface area contributed by atoms with E-state index in [0.717, 1.165) is 6.54 Å². The minimum Gasteiger partial charge on any atom is -0.374 e. The van der Waals surface area contributed by atoms with Gasteiger partial charge in [0.2, 0.25) is 0 Å². The highest BCUT2D eigenvalue weighted by Crippen LogP contribution is 2.26. The van der Waals surface area contributed by atoms with Crippen molar-refractivity contribution in [2.24, 2.45) is 5.41 Å². The molecule has 0 bridgehead atoms. The maximum atomic E-state index is 3.36. The van der Waals surface area contributed by atoms with Crippen molar-refractivity contribution < 1.29 is 0 Å². The lowest BCUT2D eigenvalue weighted by atomic mass is 9.84. The van der Waals surface area contributed by atoms with Crippen molar-refractivity contribution in [3.63, 3.8) is 0 Å². The Hall–Kier alpha value is -1.02. The number of hydrogen-bond acceptors (Lipinski definition) is 2. The summed E-state index contributed by atoms with van der Waals surface area (Å²) in [6.45, 7) is 12.2. The molecule has 0 aliphatic carbocycles. The SMILES string of the molecule is CNC(C)C(C)(C)CN(C)c1ccc(C)cc1C. The molecule has 1 unspecified atom stereocenters. The second kappa shape index (κ2) is 5.75. The molecule has 0 radical (unpaired) electrons. The third-order valence-electron chi connectivity index (χ3n) is 4.01. The van der Waals surface area contributed by atoms with Crippen molar-refractivity contribution in [2.75, 3.05) is 25.5 Å². The van der Waals surface area contributed by atoms with E-state index in [-0.39, 0.29) is 5.41 Å². The number of benzene rings is 1. The molecule has 0 saturated heterocycles. The summed E-state index contributed by atoms with van der Waals surface area (Å²) in [6.07, 6.45) is 0. The van der Waals surface area contributed by atoms with Crippen LogP contribution in [0, 0.1) is 19.3 Å². The van der Waals surface area contributed by atoms with Gasteiger partial charge in [-0.1, -0.05) is 31.5 Å². The van der Waals surface area contributed by atoms with E-state index in [1.807, 2.05) is 7.05 Å². The van der Waals surface area contributed by atoms with Gasteiger partial charge in [0.15, 0.2) is 0 Å².